The smallest absolute Gasteiger partial charge is 0.270 e. The van der Waals surface area contributed by atoms with Crippen molar-refractivity contribution in [2.45, 2.75) is 4.34 Å². The quantitative estimate of drug-likeness (QED) is 0.195. The Labute approximate surface area is 163 Å². The predicted molar refractivity (Wildman–Crippen MR) is 106 cm³/mol. The molecule has 0 spiro atoms. The van der Waals surface area contributed by atoms with Gasteiger partial charge < -0.3 is 4.74 Å². The van der Waals surface area contributed by atoms with Crippen molar-refractivity contribution in [2.75, 3.05) is 6.61 Å². The van der Waals surface area contributed by atoms with Crippen molar-refractivity contribution in [3.8, 4) is 24.2 Å². The second-order valence-electron chi connectivity index (χ2n) is 5.14. The topological polar surface area (TPSA) is 89.0 Å². The van der Waals surface area contributed by atoms with E-state index in [1.54, 1.807) is 0 Å². The lowest BCUT2D eigenvalue weighted by Gasteiger charge is -2.07. The fourth-order valence-electron chi connectivity index (χ4n) is 2.23. The van der Waals surface area contributed by atoms with Crippen molar-refractivity contribution in [1.82, 2.24) is 4.98 Å². The fourth-order valence-corrected chi connectivity index (χ4v) is 4.19. The lowest BCUT2D eigenvalue weighted by Crippen LogP contribution is -1.97. The molecule has 132 valence electrons. The van der Waals surface area contributed by atoms with Crippen LogP contribution in [0.2, 0.25) is 0 Å². The predicted octanol–water partition coefficient (Wildman–Crippen LogP) is 4.87. The van der Waals surface area contributed by atoms with E-state index in [9.17, 15) is 15.4 Å². The highest BCUT2D eigenvalue weighted by molar-refractivity contribution is 8.05. The summed E-state index contributed by atoms with van der Waals surface area (Å²) in [5.41, 5.74) is 1.16. The molecule has 0 aliphatic rings. The lowest BCUT2D eigenvalue weighted by molar-refractivity contribution is -0.384. The van der Waals surface area contributed by atoms with Gasteiger partial charge in [-0.2, -0.15) is 5.26 Å². The van der Waals surface area contributed by atoms with Crippen LogP contribution in [0.1, 0.15) is 5.56 Å². The van der Waals surface area contributed by atoms with Crippen molar-refractivity contribution >= 4 is 45.1 Å². The van der Waals surface area contributed by atoms with E-state index in [4.69, 9.17) is 11.2 Å². The van der Waals surface area contributed by atoms with Crippen LogP contribution in [-0.2, 0) is 0 Å². The third-order valence-electron chi connectivity index (χ3n) is 3.38. The molecule has 0 amide bonds. The summed E-state index contributed by atoms with van der Waals surface area (Å²) in [5, 5.41) is 20.6. The standard InChI is InChI=1S/C19H11N3O3S2/c1-2-9-25-17-8-7-14(22(23)24)10-13(17)11-15(12-20)26-19-21-16-5-3-4-6-18(16)27-19/h1,3-8,10-11H,9H2. The summed E-state index contributed by atoms with van der Waals surface area (Å²) in [5.74, 6) is 2.72. The number of nitro benzene ring substituents is 1. The third kappa shape index (κ3) is 4.45. The molecule has 2 aromatic carbocycles. The molecule has 0 aliphatic heterocycles. The molecule has 3 rings (SSSR count). The molecule has 0 unspecified atom stereocenters. The number of hydrogen-bond acceptors (Lipinski definition) is 7. The summed E-state index contributed by atoms with van der Waals surface area (Å²) in [7, 11) is 0. The summed E-state index contributed by atoms with van der Waals surface area (Å²) in [6.07, 6.45) is 6.75. The van der Waals surface area contributed by atoms with E-state index in [1.807, 2.05) is 24.3 Å². The van der Waals surface area contributed by atoms with Crippen LogP contribution in [0.5, 0.6) is 5.75 Å². The van der Waals surface area contributed by atoms with Gasteiger partial charge in [-0.25, -0.2) is 4.98 Å². The van der Waals surface area contributed by atoms with Crippen LogP contribution in [-0.4, -0.2) is 16.5 Å². The van der Waals surface area contributed by atoms with E-state index in [0.717, 1.165) is 10.2 Å². The number of hydrogen-bond donors (Lipinski definition) is 0. The van der Waals surface area contributed by atoms with Gasteiger partial charge in [-0.1, -0.05) is 18.1 Å². The van der Waals surface area contributed by atoms with Crippen LogP contribution in [0.3, 0.4) is 0 Å². The fraction of sp³-hybridized carbons (Fsp3) is 0.0526. The molecule has 1 heterocycles. The molecule has 0 saturated carbocycles. The Morgan fingerprint density at radius 2 is 2.22 bits per heavy atom. The molecule has 6 nitrogen and oxygen atoms in total. The number of benzene rings is 2. The van der Waals surface area contributed by atoms with E-state index >= 15 is 0 Å². The molecule has 8 heteroatoms. The zero-order chi connectivity index (χ0) is 19.2. The van der Waals surface area contributed by atoms with Crippen LogP contribution in [0.25, 0.3) is 16.3 Å². The van der Waals surface area contributed by atoms with Gasteiger partial charge in [0.2, 0.25) is 0 Å². The van der Waals surface area contributed by atoms with Crippen LogP contribution in [0.4, 0.5) is 5.69 Å². The van der Waals surface area contributed by atoms with Crippen LogP contribution in [0.15, 0.2) is 51.7 Å². The molecule has 27 heavy (non-hydrogen) atoms. The molecule has 0 aliphatic carbocycles. The molecular formula is C19H11N3O3S2. The first-order valence-electron chi connectivity index (χ1n) is 7.60. The number of non-ortho nitro benzene ring substituents is 1. The number of ether oxygens (including phenoxy) is 1. The largest absolute Gasteiger partial charge is 0.480 e. The Morgan fingerprint density at radius 3 is 2.93 bits per heavy atom. The van der Waals surface area contributed by atoms with Gasteiger partial charge in [-0.15, -0.1) is 17.8 Å². The summed E-state index contributed by atoms with van der Waals surface area (Å²) in [6, 6.07) is 13.9. The Hall–Kier alpha value is -3.33. The van der Waals surface area contributed by atoms with Crippen LogP contribution >= 0.6 is 23.1 Å². The normalized spacial score (nSPS) is 11.0. The number of allylic oxidation sites excluding steroid dienone is 1. The van der Waals surface area contributed by atoms with Gasteiger partial charge in [0.1, 0.15) is 18.4 Å². The second kappa shape index (κ2) is 8.37. The van der Waals surface area contributed by atoms with Gasteiger partial charge in [0, 0.05) is 17.7 Å². The van der Waals surface area contributed by atoms with E-state index < -0.39 is 4.92 Å². The van der Waals surface area contributed by atoms with Gasteiger partial charge >= 0.3 is 0 Å². The molecule has 3 aromatic rings. The highest BCUT2D eigenvalue weighted by atomic mass is 32.2. The summed E-state index contributed by atoms with van der Waals surface area (Å²) in [4.78, 5) is 15.4. The first-order valence-corrected chi connectivity index (χ1v) is 9.24. The van der Waals surface area contributed by atoms with E-state index in [1.165, 1.54) is 47.4 Å². The molecule has 0 radical (unpaired) electrons. The number of aromatic nitrogens is 1. The van der Waals surface area contributed by atoms with Crippen LogP contribution < -0.4 is 4.74 Å². The minimum absolute atomic E-state index is 0.0194. The van der Waals surface area contributed by atoms with E-state index in [0.29, 0.717) is 20.6 Å². The minimum Gasteiger partial charge on any atom is -0.480 e. The molecule has 1 aromatic heterocycles. The number of fused-ring (bicyclic) bond motifs is 1. The van der Waals surface area contributed by atoms with Gasteiger partial charge in [0.05, 0.1) is 20.0 Å². The summed E-state index contributed by atoms with van der Waals surface area (Å²) < 4.78 is 7.16. The van der Waals surface area contributed by atoms with Crippen molar-refractivity contribution in [2.24, 2.45) is 0 Å². The SMILES string of the molecule is C#CCOc1ccc([N+](=O)[O-])cc1C=C(C#N)Sc1nc2ccccc2s1. The third-order valence-corrected chi connectivity index (χ3v) is 5.41. The number of rotatable bonds is 6. The average Bonchev–Trinajstić information content (AvgIpc) is 3.08. The van der Waals surface area contributed by atoms with Gasteiger partial charge in [0.25, 0.3) is 5.69 Å². The molecule has 0 N–H and O–H groups in total. The number of thioether (sulfide) groups is 1. The number of terminal acetylenes is 1. The number of nitro groups is 1. The maximum atomic E-state index is 11.1. The number of nitriles is 1. The van der Waals surface area contributed by atoms with Crippen LogP contribution in [0, 0.1) is 33.8 Å². The monoisotopic (exact) mass is 393 g/mol. The Bertz CT molecular complexity index is 1090. The van der Waals surface area contributed by atoms with Crippen molar-refractivity contribution in [3.63, 3.8) is 0 Å². The summed E-state index contributed by atoms with van der Waals surface area (Å²) >= 11 is 2.67. The summed E-state index contributed by atoms with van der Waals surface area (Å²) in [6.45, 7) is 0.0194. The molecule has 0 bridgehead atoms. The number of nitrogens with zero attached hydrogens (tertiary/aromatic N) is 3. The first-order chi connectivity index (χ1) is 13.1. The molecule has 0 fully saturated rings. The van der Waals surface area contributed by atoms with Crippen molar-refractivity contribution in [1.29, 1.82) is 5.26 Å². The zero-order valence-corrected chi connectivity index (χ0v) is 15.4. The lowest BCUT2D eigenvalue weighted by atomic mass is 10.1. The Balaban J connectivity index is 1.96. The maximum absolute atomic E-state index is 11.1. The van der Waals surface area contributed by atoms with Gasteiger partial charge in [-0.05, 0) is 36.0 Å². The van der Waals surface area contributed by atoms with Crippen molar-refractivity contribution < 1.29 is 9.66 Å². The Kier molecular flexibility index (Phi) is 5.72. The first kappa shape index (κ1) is 18.5. The van der Waals surface area contributed by atoms with E-state index in [2.05, 4.69) is 17.0 Å². The highest BCUT2D eigenvalue weighted by Crippen LogP contribution is 2.36. The van der Waals surface area contributed by atoms with Gasteiger partial charge in [0.15, 0.2) is 4.34 Å². The molecule has 0 atom stereocenters. The minimum atomic E-state index is -0.505. The van der Waals surface area contributed by atoms with Gasteiger partial charge in [-0.3, -0.25) is 10.1 Å². The molecular weight excluding hydrogens is 382 g/mol. The number of thiazole rings is 1. The molecule has 0 saturated heterocycles. The average molecular weight is 393 g/mol. The Morgan fingerprint density at radius 1 is 1.41 bits per heavy atom. The zero-order valence-electron chi connectivity index (χ0n) is 13.8. The van der Waals surface area contributed by atoms with E-state index in [-0.39, 0.29) is 12.3 Å². The number of para-hydroxylation sites is 1. The second-order valence-corrected chi connectivity index (χ2v) is 7.46. The maximum Gasteiger partial charge on any atom is 0.270 e. The highest BCUT2D eigenvalue weighted by Gasteiger charge is 2.13. The van der Waals surface area contributed by atoms with Crippen molar-refractivity contribution in [3.05, 3.63) is 63.0 Å².